The highest BCUT2D eigenvalue weighted by molar-refractivity contribution is 5.90. The number of carbonyl (C=O) groups is 1. The lowest BCUT2D eigenvalue weighted by Gasteiger charge is -2.30. The number of nitrogens with one attached hydrogen (secondary N) is 5. The lowest BCUT2D eigenvalue weighted by Crippen LogP contribution is -2.34. The Morgan fingerprint density at radius 2 is 1.49 bits per heavy atom. The molecule has 2 aromatic heterocycles. The van der Waals surface area contributed by atoms with E-state index < -0.39 is 5.82 Å². The molecule has 0 amide bonds. The molecule has 0 saturated carbocycles. The fourth-order valence-corrected chi connectivity index (χ4v) is 9.51. The van der Waals surface area contributed by atoms with Crippen molar-refractivity contribution in [2.45, 2.75) is 124 Å². The molecule has 2 atom stereocenters. The molecule has 2 aliphatic rings. The summed E-state index contributed by atoms with van der Waals surface area (Å²) < 4.78 is 21.4. The van der Waals surface area contributed by atoms with E-state index >= 15 is 0 Å². The Bertz CT molecular complexity index is 2690. The molecule has 8 N–H and O–H groups in total. The fourth-order valence-electron chi connectivity index (χ4n) is 9.51. The first-order chi connectivity index (χ1) is 36.7. The molecule has 0 saturated heterocycles. The maximum Gasteiger partial charge on any atom is 0.293 e. The van der Waals surface area contributed by atoms with Crippen LogP contribution in [0.25, 0.3) is 22.3 Å². The average Bonchev–Trinajstić information content (AvgIpc) is 3.88. The first-order valence-electron chi connectivity index (χ1n) is 27.2. The molecule has 412 valence electrons. The van der Waals surface area contributed by atoms with Gasteiger partial charge in [-0.2, -0.15) is 0 Å². The standard InChI is InChI=1S/C59H78FN9O3.C2H6.CH4O/c1-40-26-27-46(7)68(36-40)29-20-15-13-11-9-10-12-14-17-22-42(3)63-33-44(5)64-35-45(6)66-57(48-23-18-16-19-24-48)47(8)65-34-43(4)62-28-21-25-49-50-31-54(61)53(60)32-55(50)67-58-51(49)37-69-56(58)30-41(2)52(59(69)71)38-72-39-70;2*1-2/h16,18-19,23-24,26-27,30-32,39-40,57,62-66H,3-15,17,20-22,25,28-29,33-38,61H2,1-2H3;1-2H3;2H,1H3. The van der Waals surface area contributed by atoms with Gasteiger partial charge in [0.25, 0.3) is 12.0 Å². The maximum absolute atomic E-state index is 14.8. The molecule has 0 radical (unpaired) electrons. The second kappa shape index (κ2) is 32.4. The number of nitrogens with two attached hydrogens (primary N) is 1. The molecule has 0 spiro atoms. The number of carbonyl (C=O) groups excluding carboxylic acids is 1. The summed E-state index contributed by atoms with van der Waals surface area (Å²) in [5, 5.41) is 25.0. The van der Waals surface area contributed by atoms with E-state index in [0.29, 0.717) is 79.4 Å². The number of nitrogens with zero attached hydrogens (tertiary/aromatic N) is 3. The number of hydrogen-bond acceptors (Lipinski definition) is 12. The molecular formula is C62H88FN9O4. The second-order valence-electron chi connectivity index (χ2n) is 19.5. The van der Waals surface area contributed by atoms with Crippen LogP contribution in [-0.2, 0) is 29.1 Å². The van der Waals surface area contributed by atoms with Gasteiger partial charge < -0.3 is 51.6 Å². The van der Waals surface area contributed by atoms with E-state index in [-0.39, 0.29) is 30.4 Å². The van der Waals surface area contributed by atoms with Crippen LogP contribution in [0.4, 0.5) is 10.1 Å². The van der Waals surface area contributed by atoms with Crippen LogP contribution >= 0.6 is 0 Å². The van der Waals surface area contributed by atoms with Gasteiger partial charge in [0.1, 0.15) is 12.4 Å². The Kier molecular flexibility index (Phi) is 26.2. The Hall–Kier alpha value is -7.06. The van der Waals surface area contributed by atoms with Crippen molar-refractivity contribution in [3.8, 4) is 11.4 Å². The SMILES string of the molecule is C=C(CCCCCCCCCCCN1CC(C)C=CC1=C)NCC(=C)NCC(=C)NC(C(=C)NCC(=C)NCCCc1c2c(nc3cc(F)c(N)cc13)-c1cc(C)c(COC=O)c(=O)n1C2)c1ccccc1.CC.CO. The number of unbranched alkanes of at least 4 members (excludes halogenated alkanes) is 8. The summed E-state index contributed by atoms with van der Waals surface area (Å²) in [5.74, 6) is 0.0685. The van der Waals surface area contributed by atoms with Crippen molar-refractivity contribution in [3.05, 3.63) is 178 Å². The number of benzene rings is 2. The van der Waals surface area contributed by atoms with Crippen molar-refractivity contribution in [1.82, 2.24) is 41.0 Å². The summed E-state index contributed by atoms with van der Waals surface area (Å²) in [5.41, 5.74) is 17.0. The van der Waals surface area contributed by atoms with Crippen molar-refractivity contribution in [3.63, 3.8) is 0 Å². The van der Waals surface area contributed by atoms with Gasteiger partial charge in [-0.25, -0.2) is 9.37 Å². The summed E-state index contributed by atoms with van der Waals surface area (Å²) in [4.78, 5) is 31.8. The zero-order valence-corrected chi connectivity index (χ0v) is 46.4. The normalized spacial score (nSPS) is 13.4. The number of anilines is 1. The topological polar surface area (TPSA) is 171 Å². The van der Waals surface area contributed by atoms with E-state index in [4.69, 9.17) is 20.6 Å². The Morgan fingerprint density at radius 3 is 2.18 bits per heavy atom. The van der Waals surface area contributed by atoms with Crippen LogP contribution < -0.4 is 37.9 Å². The minimum absolute atomic E-state index is 0.0336. The zero-order valence-electron chi connectivity index (χ0n) is 46.4. The molecule has 13 nitrogen and oxygen atoms in total. The third-order valence-electron chi connectivity index (χ3n) is 13.7. The van der Waals surface area contributed by atoms with Crippen LogP contribution in [-0.4, -0.2) is 72.4 Å². The van der Waals surface area contributed by atoms with Gasteiger partial charge in [0, 0.05) is 77.9 Å². The second-order valence-corrected chi connectivity index (χ2v) is 19.5. The largest absolute Gasteiger partial charge is 0.463 e. The number of ether oxygens (including phenoxy) is 1. The zero-order chi connectivity index (χ0) is 55.6. The van der Waals surface area contributed by atoms with Crippen molar-refractivity contribution in [2.75, 3.05) is 52.1 Å². The molecule has 0 aliphatic carbocycles. The summed E-state index contributed by atoms with van der Waals surface area (Å²) in [6.45, 7) is 38.6. The quantitative estimate of drug-likeness (QED) is 0.0121. The van der Waals surface area contributed by atoms with E-state index in [1.165, 1.54) is 57.4 Å². The van der Waals surface area contributed by atoms with Crippen LogP contribution in [0.2, 0.25) is 0 Å². The van der Waals surface area contributed by atoms with Crippen molar-refractivity contribution in [2.24, 2.45) is 5.92 Å². The van der Waals surface area contributed by atoms with Crippen LogP contribution in [0.5, 0.6) is 0 Å². The third-order valence-corrected chi connectivity index (χ3v) is 13.7. The molecule has 0 bridgehead atoms. The molecule has 6 rings (SSSR count). The van der Waals surface area contributed by atoms with E-state index in [1.54, 1.807) is 17.6 Å². The molecule has 2 aliphatic heterocycles. The minimum atomic E-state index is -0.550. The summed E-state index contributed by atoms with van der Waals surface area (Å²) >= 11 is 0. The fraction of sp³-hybridized carbons (Fsp3) is 0.435. The van der Waals surface area contributed by atoms with Gasteiger partial charge in [0.15, 0.2) is 0 Å². The van der Waals surface area contributed by atoms with Gasteiger partial charge in [0.05, 0.1) is 60.4 Å². The number of nitrogen functional groups attached to an aromatic ring is 1. The Balaban J connectivity index is 0.00000305. The monoisotopic (exact) mass is 1040 g/mol. The number of pyridine rings is 2. The molecule has 2 unspecified atom stereocenters. The lowest BCUT2D eigenvalue weighted by atomic mass is 9.96. The number of aromatic nitrogens is 2. The van der Waals surface area contributed by atoms with Gasteiger partial charge in [0.2, 0.25) is 0 Å². The van der Waals surface area contributed by atoms with E-state index in [2.05, 4.69) is 102 Å². The van der Waals surface area contributed by atoms with Gasteiger partial charge in [-0.15, -0.1) is 0 Å². The Morgan fingerprint density at radius 1 is 0.855 bits per heavy atom. The predicted octanol–water partition coefficient (Wildman–Crippen LogP) is 10.9. The van der Waals surface area contributed by atoms with Gasteiger partial charge in [-0.05, 0) is 79.8 Å². The van der Waals surface area contributed by atoms with Gasteiger partial charge in [-0.3, -0.25) is 9.59 Å². The third kappa shape index (κ3) is 18.4. The average molecular weight is 1040 g/mol. The highest BCUT2D eigenvalue weighted by Gasteiger charge is 2.28. The summed E-state index contributed by atoms with van der Waals surface area (Å²) in [6, 6.07) is 14.7. The van der Waals surface area contributed by atoms with Crippen LogP contribution in [0.3, 0.4) is 0 Å². The van der Waals surface area contributed by atoms with Gasteiger partial charge >= 0.3 is 0 Å². The van der Waals surface area contributed by atoms with Crippen molar-refractivity contribution < 1.29 is 19.0 Å². The number of aryl methyl sites for hydroxylation is 2. The smallest absolute Gasteiger partial charge is 0.293 e. The highest BCUT2D eigenvalue weighted by atomic mass is 19.1. The van der Waals surface area contributed by atoms with Crippen LogP contribution in [0.1, 0.15) is 125 Å². The first kappa shape index (κ1) is 61.5. The van der Waals surface area contributed by atoms with E-state index in [0.717, 1.165) is 89.3 Å². The molecule has 0 fully saturated rings. The number of aliphatic hydroxyl groups is 1. The maximum atomic E-state index is 14.8. The molecule has 4 heterocycles. The Labute approximate surface area is 453 Å². The number of hydrogen-bond donors (Lipinski definition) is 7. The molecule has 2 aromatic carbocycles. The van der Waals surface area contributed by atoms with Crippen LogP contribution in [0, 0.1) is 18.7 Å². The van der Waals surface area contributed by atoms with Crippen LogP contribution in [0.15, 0.2) is 139 Å². The number of rotatable bonds is 33. The minimum Gasteiger partial charge on any atom is -0.463 e. The highest BCUT2D eigenvalue weighted by Crippen LogP contribution is 2.38. The lowest BCUT2D eigenvalue weighted by molar-refractivity contribution is -0.129. The first-order valence-corrected chi connectivity index (χ1v) is 27.2. The van der Waals surface area contributed by atoms with E-state index in [1.807, 2.05) is 38.1 Å². The number of allylic oxidation sites excluding steroid dienone is 2. The number of aliphatic hydroxyl groups excluding tert-OH is 1. The van der Waals surface area contributed by atoms with Gasteiger partial charge in [-0.1, -0.05) is 142 Å². The predicted molar refractivity (Wildman–Crippen MR) is 314 cm³/mol. The number of fused-ring (bicyclic) bond motifs is 4. The van der Waals surface area contributed by atoms with E-state index in [9.17, 15) is 14.0 Å². The van der Waals surface area contributed by atoms with Crippen molar-refractivity contribution in [1.29, 1.82) is 0 Å². The molecule has 76 heavy (non-hydrogen) atoms. The summed E-state index contributed by atoms with van der Waals surface area (Å²) in [6.07, 6.45) is 18.2. The number of halogens is 1. The molecule has 14 heteroatoms. The van der Waals surface area contributed by atoms with Crippen molar-refractivity contribution >= 4 is 23.1 Å². The molecular weight excluding hydrogens is 954 g/mol. The molecule has 4 aromatic rings. The summed E-state index contributed by atoms with van der Waals surface area (Å²) in [7, 11) is 1.00.